The average Bonchev–Trinajstić information content (AvgIpc) is 2.81. The van der Waals surface area contributed by atoms with Gasteiger partial charge >= 0.3 is 5.97 Å². The molecule has 2 aromatic heterocycles. The standard InChI is InChI=1S/C14H9BrN2O2/c15-11-3-1-2-9(6-11)13-16-7-12-5-4-10(14(18)19)8-17(12)13/h1-8H,(H,18,19). The number of halogens is 1. The number of hydrogen-bond acceptors (Lipinski definition) is 2. The Labute approximate surface area is 117 Å². The number of carbonyl (C=O) groups is 1. The first-order chi connectivity index (χ1) is 9.15. The fourth-order valence-corrected chi connectivity index (χ4v) is 2.36. The Bertz CT molecular complexity index is 780. The van der Waals surface area contributed by atoms with Gasteiger partial charge in [-0.2, -0.15) is 0 Å². The summed E-state index contributed by atoms with van der Waals surface area (Å²) in [5, 5.41) is 9.05. The molecule has 0 amide bonds. The van der Waals surface area contributed by atoms with Gasteiger partial charge < -0.3 is 5.11 Å². The highest BCUT2D eigenvalue weighted by atomic mass is 79.9. The third-order valence-corrected chi connectivity index (χ3v) is 3.35. The van der Waals surface area contributed by atoms with Crippen LogP contribution in [0.5, 0.6) is 0 Å². The summed E-state index contributed by atoms with van der Waals surface area (Å²) < 4.78 is 2.74. The highest BCUT2D eigenvalue weighted by molar-refractivity contribution is 9.10. The molecule has 0 saturated heterocycles. The second kappa shape index (κ2) is 4.51. The van der Waals surface area contributed by atoms with E-state index in [9.17, 15) is 4.79 Å². The first kappa shape index (κ1) is 11.9. The van der Waals surface area contributed by atoms with Gasteiger partial charge in [0.15, 0.2) is 0 Å². The smallest absolute Gasteiger partial charge is 0.337 e. The summed E-state index contributed by atoms with van der Waals surface area (Å²) >= 11 is 3.42. The van der Waals surface area contributed by atoms with Gasteiger partial charge in [-0.05, 0) is 24.3 Å². The van der Waals surface area contributed by atoms with Gasteiger partial charge in [0.25, 0.3) is 0 Å². The van der Waals surface area contributed by atoms with E-state index in [0.717, 1.165) is 21.4 Å². The van der Waals surface area contributed by atoms with Gasteiger partial charge in [-0.15, -0.1) is 0 Å². The number of nitrogens with zero attached hydrogens (tertiary/aromatic N) is 2. The molecule has 0 radical (unpaired) electrons. The topological polar surface area (TPSA) is 54.6 Å². The van der Waals surface area contributed by atoms with Crippen LogP contribution in [-0.2, 0) is 0 Å². The summed E-state index contributed by atoms with van der Waals surface area (Å²) in [6, 6.07) is 11.1. The van der Waals surface area contributed by atoms with Gasteiger partial charge in [-0.25, -0.2) is 9.78 Å². The maximum absolute atomic E-state index is 11.0. The number of rotatable bonds is 2. The SMILES string of the molecule is O=C(O)c1ccc2cnc(-c3cccc(Br)c3)n2c1. The zero-order valence-electron chi connectivity index (χ0n) is 9.75. The minimum absolute atomic E-state index is 0.238. The number of pyridine rings is 1. The second-order valence-corrected chi connectivity index (χ2v) is 5.03. The Balaban J connectivity index is 2.24. The van der Waals surface area contributed by atoms with E-state index >= 15 is 0 Å². The van der Waals surface area contributed by atoms with Crippen LogP contribution in [0.25, 0.3) is 16.9 Å². The number of fused-ring (bicyclic) bond motifs is 1. The Kier molecular flexibility index (Phi) is 2.83. The Morgan fingerprint density at radius 1 is 1.26 bits per heavy atom. The van der Waals surface area contributed by atoms with Crippen LogP contribution < -0.4 is 0 Å². The minimum Gasteiger partial charge on any atom is -0.478 e. The first-order valence-electron chi connectivity index (χ1n) is 5.61. The number of hydrogen-bond donors (Lipinski definition) is 1. The highest BCUT2D eigenvalue weighted by Gasteiger charge is 2.09. The van der Waals surface area contributed by atoms with Crippen LogP contribution in [0.1, 0.15) is 10.4 Å². The molecule has 0 spiro atoms. The lowest BCUT2D eigenvalue weighted by atomic mass is 10.2. The number of benzene rings is 1. The molecule has 0 saturated carbocycles. The maximum atomic E-state index is 11.0. The van der Waals surface area contributed by atoms with Crippen molar-refractivity contribution in [2.24, 2.45) is 0 Å². The van der Waals surface area contributed by atoms with Crippen LogP contribution in [0.15, 0.2) is 53.3 Å². The fraction of sp³-hybridized carbons (Fsp3) is 0. The van der Waals surface area contributed by atoms with Gasteiger partial charge in [0.1, 0.15) is 5.82 Å². The second-order valence-electron chi connectivity index (χ2n) is 4.11. The summed E-state index contributed by atoms with van der Waals surface area (Å²) in [5.74, 6) is -0.227. The van der Waals surface area contributed by atoms with Crippen molar-refractivity contribution in [2.45, 2.75) is 0 Å². The van der Waals surface area contributed by atoms with E-state index in [2.05, 4.69) is 20.9 Å². The zero-order valence-corrected chi connectivity index (χ0v) is 11.3. The van der Waals surface area contributed by atoms with Gasteiger partial charge in [-0.3, -0.25) is 4.40 Å². The molecule has 5 heteroatoms. The first-order valence-corrected chi connectivity index (χ1v) is 6.41. The average molecular weight is 317 g/mol. The van der Waals surface area contributed by atoms with Crippen molar-refractivity contribution in [1.29, 1.82) is 0 Å². The van der Waals surface area contributed by atoms with Gasteiger partial charge in [0, 0.05) is 16.2 Å². The highest BCUT2D eigenvalue weighted by Crippen LogP contribution is 2.23. The molecule has 0 bridgehead atoms. The fourth-order valence-electron chi connectivity index (χ4n) is 1.96. The van der Waals surface area contributed by atoms with E-state index in [0.29, 0.717) is 0 Å². The maximum Gasteiger partial charge on any atom is 0.337 e. The summed E-state index contributed by atoms with van der Waals surface area (Å²) in [4.78, 5) is 15.4. The Hall–Kier alpha value is -2.14. The molecule has 1 aromatic carbocycles. The molecule has 0 aliphatic carbocycles. The largest absolute Gasteiger partial charge is 0.478 e. The molecular weight excluding hydrogens is 308 g/mol. The number of aromatic carboxylic acids is 1. The van der Waals surface area contributed by atoms with Crippen molar-refractivity contribution >= 4 is 27.4 Å². The molecule has 0 aliphatic heterocycles. The summed E-state index contributed by atoms with van der Waals surface area (Å²) in [7, 11) is 0. The monoisotopic (exact) mass is 316 g/mol. The van der Waals surface area contributed by atoms with Crippen molar-refractivity contribution in [1.82, 2.24) is 9.38 Å². The van der Waals surface area contributed by atoms with E-state index in [1.54, 1.807) is 28.9 Å². The van der Waals surface area contributed by atoms with Crippen molar-refractivity contribution < 1.29 is 9.90 Å². The molecule has 94 valence electrons. The molecule has 0 atom stereocenters. The van der Waals surface area contributed by atoms with Crippen LogP contribution in [0.2, 0.25) is 0 Å². The molecular formula is C14H9BrN2O2. The van der Waals surface area contributed by atoms with E-state index in [-0.39, 0.29) is 5.56 Å². The van der Waals surface area contributed by atoms with Gasteiger partial charge in [0.05, 0.1) is 17.3 Å². The molecule has 3 aromatic rings. The van der Waals surface area contributed by atoms with E-state index in [1.165, 1.54) is 0 Å². The zero-order chi connectivity index (χ0) is 13.4. The number of imidazole rings is 1. The Morgan fingerprint density at radius 2 is 2.11 bits per heavy atom. The third-order valence-electron chi connectivity index (χ3n) is 2.86. The normalized spacial score (nSPS) is 10.8. The predicted octanol–water partition coefficient (Wildman–Crippen LogP) is 3.46. The minimum atomic E-state index is -0.948. The molecule has 0 unspecified atom stereocenters. The van der Waals surface area contributed by atoms with E-state index in [1.807, 2.05) is 24.3 Å². The number of aromatic nitrogens is 2. The number of carboxylic acids is 1. The molecule has 1 N–H and O–H groups in total. The van der Waals surface area contributed by atoms with Crippen molar-refractivity contribution in [3.63, 3.8) is 0 Å². The van der Waals surface area contributed by atoms with Crippen LogP contribution in [-0.4, -0.2) is 20.5 Å². The van der Waals surface area contributed by atoms with Gasteiger partial charge in [0.2, 0.25) is 0 Å². The molecule has 0 aliphatic rings. The van der Waals surface area contributed by atoms with Crippen LogP contribution in [0.3, 0.4) is 0 Å². The molecule has 3 rings (SSSR count). The van der Waals surface area contributed by atoms with Crippen molar-refractivity contribution in [2.75, 3.05) is 0 Å². The summed E-state index contributed by atoms with van der Waals surface area (Å²) in [5.41, 5.74) is 2.03. The lowest BCUT2D eigenvalue weighted by Crippen LogP contribution is -1.99. The van der Waals surface area contributed by atoms with E-state index < -0.39 is 5.97 Å². The Morgan fingerprint density at radius 3 is 2.84 bits per heavy atom. The molecule has 2 heterocycles. The van der Waals surface area contributed by atoms with Crippen molar-refractivity contribution in [3.05, 3.63) is 58.8 Å². The van der Waals surface area contributed by atoms with Gasteiger partial charge in [-0.1, -0.05) is 28.1 Å². The molecule has 19 heavy (non-hydrogen) atoms. The van der Waals surface area contributed by atoms with Crippen LogP contribution in [0, 0.1) is 0 Å². The predicted molar refractivity (Wildman–Crippen MR) is 75.3 cm³/mol. The lowest BCUT2D eigenvalue weighted by Gasteiger charge is -2.03. The number of carboxylic acid groups (broad SMARTS) is 1. The molecule has 4 nitrogen and oxygen atoms in total. The summed E-state index contributed by atoms with van der Waals surface area (Å²) in [6.45, 7) is 0. The quantitative estimate of drug-likeness (QED) is 0.787. The van der Waals surface area contributed by atoms with E-state index in [4.69, 9.17) is 5.11 Å². The lowest BCUT2D eigenvalue weighted by molar-refractivity contribution is 0.0696. The van der Waals surface area contributed by atoms with Crippen LogP contribution in [0.4, 0.5) is 0 Å². The van der Waals surface area contributed by atoms with Crippen LogP contribution >= 0.6 is 15.9 Å². The summed E-state index contributed by atoms with van der Waals surface area (Å²) in [6.07, 6.45) is 3.31. The third kappa shape index (κ3) is 2.13. The van der Waals surface area contributed by atoms with Crippen molar-refractivity contribution in [3.8, 4) is 11.4 Å². The molecule has 0 fully saturated rings.